The van der Waals surface area contributed by atoms with Gasteiger partial charge in [-0.1, -0.05) is 17.4 Å². The van der Waals surface area contributed by atoms with Gasteiger partial charge >= 0.3 is 0 Å². The van der Waals surface area contributed by atoms with Crippen molar-refractivity contribution in [2.75, 3.05) is 0 Å². The van der Waals surface area contributed by atoms with Crippen LogP contribution in [0, 0.1) is 0 Å². The van der Waals surface area contributed by atoms with Crippen LogP contribution in [-0.4, -0.2) is 15.4 Å². The molecule has 0 bridgehead atoms. The van der Waals surface area contributed by atoms with Gasteiger partial charge in [0.2, 0.25) is 0 Å². The zero-order chi connectivity index (χ0) is 7.68. The Morgan fingerprint density at radius 3 is 3.27 bits per heavy atom. The molecule has 2 rings (SSSR count). The fourth-order valence-corrected chi connectivity index (χ4v) is 1.53. The molecule has 56 valence electrons. The second-order valence-corrected chi connectivity index (χ2v) is 3.53. The maximum Gasteiger partial charge on any atom is 0.113 e. The summed E-state index contributed by atoms with van der Waals surface area (Å²) >= 11 is 2.28. The van der Waals surface area contributed by atoms with Crippen molar-refractivity contribution in [3.05, 3.63) is 20.4 Å². The quantitative estimate of drug-likeness (QED) is 0.671. The predicted molar refractivity (Wildman–Crippen MR) is 51.3 cm³/mol. The van der Waals surface area contributed by atoms with Crippen molar-refractivity contribution >= 4 is 34.7 Å². The van der Waals surface area contributed by atoms with Crippen LogP contribution in [0.15, 0.2) is 9.66 Å². The molecule has 1 aliphatic carbocycles. The van der Waals surface area contributed by atoms with Gasteiger partial charge in [-0.05, 0) is 35.1 Å². The number of nitrogens with zero attached hydrogens (tertiary/aromatic N) is 2. The summed E-state index contributed by atoms with van der Waals surface area (Å²) in [7, 11) is 0. The first-order valence-corrected chi connectivity index (χ1v) is 4.39. The Morgan fingerprint density at radius 2 is 2.36 bits per heavy atom. The lowest BCUT2D eigenvalue weighted by Crippen LogP contribution is -2.23. The third kappa shape index (κ3) is 1.35. The van der Waals surface area contributed by atoms with Crippen LogP contribution in [0.2, 0.25) is 0 Å². The summed E-state index contributed by atoms with van der Waals surface area (Å²) in [6.07, 6.45) is 7.20. The van der Waals surface area contributed by atoms with Gasteiger partial charge in [-0.2, -0.15) is 0 Å². The molecule has 0 unspecified atom stereocenters. The number of nitrogens with one attached hydrogen (secondary N) is 1. The average Bonchev–Trinajstić information content (AvgIpc) is 2.31. The molecular formula is C7H6IN3. The fraction of sp³-hybridized carbons (Fsp3) is 0.143. The van der Waals surface area contributed by atoms with Gasteiger partial charge in [0.1, 0.15) is 5.35 Å². The molecule has 0 aliphatic heterocycles. The Balaban J connectivity index is 2.76. The van der Waals surface area contributed by atoms with Gasteiger partial charge in [-0.25, -0.2) is 0 Å². The minimum atomic E-state index is 0.933. The number of aromatic nitrogens is 3. The maximum absolute atomic E-state index is 3.93. The third-order valence-electron chi connectivity index (χ3n) is 1.51. The number of halogens is 1. The molecule has 1 aromatic heterocycles. The number of hydrogen-bond donors (Lipinski definition) is 1. The Bertz CT molecular complexity index is 402. The summed E-state index contributed by atoms with van der Waals surface area (Å²) in [4.78, 5) is 0. The van der Waals surface area contributed by atoms with Crippen LogP contribution in [0.1, 0.15) is 6.42 Å². The van der Waals surface area contributed by atoms with Crippen LogP contribution in [0.5, 0.6) is 0 Å². The van der Waals surface area contributed by atoms with Crippen LogP contribution in [0.25, 0.3) is 12.2 Å². The summed E-state index contributed by atoms with van der Waals surface area (Å²) in [5.74, 6) is 0. The number of hydrogen-bond acceptors (Lipinski definition) is 2. The number of allylic oxidation sites excluding steroid dienone is 2. The van der Waals surface area contributed by atoms with E-state index in [4.69, 9.17) is 0 Å². The molecule has 0 radical (unpaired) electrons. The van der Waals surface area contributed by atoms with Crippen molar-refractivity contribution in [1.29, 1.82) is 0 Å². The molecule has 0 saturated heterocycles. The summed E-state index contributed by atoms with van der Waals surface area (Å²) in [5.41, 5.74) is 0. The molecule has 0 fully saturated rings. The summed E-state index contributed by atoms with van der Waals surface area (Å²) < 4.78 is 1.21. The SMILES string of the molecule is IC1=CCC=c2[nH]nnc2=C1. The van der Waals surface area contributed by atoms with Crippen LogP contribution in [0.4, 0.5) is 0 Å². The van der Waals surface area contributed by atoms with E-state index in [1.54, 1.807) is 0 Å². The minimum Gasteiger partial charge on any atom is -0.258 e. The van der Waals surface area contributed by atoms with Crippen molar-refractivity contribution in [3.63, 3.8) is 0 Å². The molecular weight excluding hydrogens is 253 g/mol. The molecule has 11 heavy (non-hydrogen) atoms. The van der Waals surface area contributed by atoms with Crippen molar-refractivity contribution in [1.82, 2.24) is 15.4 Å². The Morgan fingerprint density at radius 1 is 1.45 bits per heavy atom. The molecule has 3 nitrogen and oxygen atoms in total. The molecule has 1 N–H and O–H groups in total. The van der Waals surface area contributed by atoms with E-state index in [1.165, 1.54) is 3.58 Å². The normalized spacial score (nSPS) is 15.5. The third-order valence-corrected chi connectivity index (χ3v) is 2.27. The van der Waals surface area contributed by atoms with E-state index in [-0.39, 0.29) is 0 Å². The number of rotatable bonds is 0. The van der Waals surface area contributed by atoms with Crippen LogP contribution < -0.4 is 10.7 Å². The fourth-order valence-electron chi connectivity index (χ4n) is 0.980. The summed E-state index contributed by atoms with van der Waals surface area (Å²) in [6, 6.07) is 0. The Labute approximate surface area is 77.0 Å². The maximum atomic E-state index is 3.93. The van der Waals surface area contributed by atoms with Crippen molar-refractivity contribution in [3.8, 4) is 0 Å². The van der Waals surface area contributed by atoms with Gasteiger partial charge in [0, 0.05) is 3.58 Å². The van der Waals surface area contributed by atoms with Crippen molar-refractivity contribution in [2.45, 2.75) is 6.42 Å². The Kier molecular flexibility index (Phi) is 1.77. The lowest BCUT2D eigenvalue weighted by atomic mass is 10.4. The molecule has 0 aromatic carbocycles. The highest BCUT2D eigenvalue weighted by Crippen LogP contribution is 2.08. The predicted octanol–water partition coefficient (Wildman–Crippen LogP) is 0.0883. The number of fused-ring (bicyclic) bond motifs is 1. The highest BCUT2D eigenvalue weighted by atomic mass is 127. The van der Waals surface area contributed by atoms with Crippen LogP contribution in [-0.2, 0) is 0 Å². The van der Waals surface area contributed by atoms with Crippen LogP contribution in [0.3, 0.4) is 0 Å². The second kappa shape index (κ2) is 2.77. The van der Waals surface area contributed by atoms with E-state index >= 15 is 0 Å². The first kappa shape index (κ1) is 7.02. The van der Waals surface area contributed by atoms with Crippen molar-refractivity contribution in [2.24, 2.45) is 0 Å². The highest BCUT2D eigenvalue weighted by molar-refractivity contribution is 14.1. The van der Waals surface area contributed by atoms with Gasteiger partial charge in [-0.3, -0.25) is 5.10 Å². The van der Waals surface area contributed by atoms with Gasteiger partial charge in [-0.15, -0.1) is 5.10 Å². The topological polar surface area (TPSA) is 41.6 Å². The molecule has 0 saturated carbocycles. The van der Waals surface area contributed by atoms with Crippen molar-refractivity contribution < 1.29 is 0 Å². The number of H-pyrrole nitrogens is 1. The second-order valence-electron chi connectivity index (χ2n) is 2.28. The minimum absolute atomic E-state index is 0.933. The van der Waals surface area contributed by atoms with E-state index in [0.29, 0.717) is 0 Å². The summed E-state index contributed by atoms with van der Waals surface area (Å²) in [5, 5.41) is 12.4. The van der Waals surface area contributed by atoms with Gasteiger partial charge in [0.25, 0.3) is 0 Å². The average molecular weight is 259 g/mol. The zero-order valence-corrected chi connectivity index (χ0v) is 7.87. The lowest BCUT2D eigenvalue weighted by molar-refractivity contribution is 0.924. The first-order valence-electron chi connectivity index (χ1n) is 3.31. The van der Waals surface area contributed by atoms with Gasteiger partial charge in [0.05, 0.1) is 5.35 Å². The molecule has 1 aliphatic rings. The monoisotopic (exact) mass is 259 g/mol. The Hall–Kier alpha value is -0.650. The largest absolute Gasteiger partial charge is 0.258 e. The molecule has 1 aromatic rings. The smallest absolute Gasteiger partial charge is 0.113 e. The van der Waals surface area contributed by atoms with E-state index < -0.39 is 0 Å². The molecule has 0 spiro atoms. The van der Waals surface area contributed by atoms with E-state index in [0.717, 1.165) is 17.1 Å². The van der Waals surface area contributed by atoms with E-state index in [2.05, 4.69) is 50.2 Å². The van der Waals surface area contributed by atoms with Gasteiger partial charge in [0.15, 0.2) is 0 Å². The van der Waals surface area contributed by atoms with E-state index in [1.807, 2.05) is 6.08 Å². The highest BCUT2D eigenvalue weighted by Gasteiger charge is 1.94. The van der Waals surface area contributed by atoms with E-state index in [9.17, 15) is 0 Å². The number of aromatic amines is 1. The molecule has 4 heteroatoms. The lowest BCUT2D eigenvalue weighted by Gasteiger charge is -1.81. The standard InChI is InChI=1S/C7H6IN3/c8-5-2-1-3-6-7(4-5)10-11-9-6/h2-4H,1H2,(H,9,10). The molecule has 1 heterocycles. The summed E-state index contributed by atoms with van der Waals surface area (Å²) in [6.45, 7) is 0. The van der Waals surface area contributed by atoms with Crippen LogP contribution >= 0.6 is 22.6 Å². The molecule has 0 amide bonds. The zero-order valence-electron chi connectivity index (χ0n) is 5.71. The first-order chi connectivity index (χ1) is 5.36. The van der Waals surface area contributed by atoms with Gasteiger partial charge < -0.3 is 0 Å². The molecule has 0 atom stereocenters.